The molecule has 0 saturated heterocycles. The number of nitrogens with zero attached hydrogens (tertiary/aromatic N) is 2. The Morgan fingerprint density at radius 1 is 0.633 bits per heavy atom. The van der Waals surface area contributed by atoms with E-state index >= 15 is 0 Å². The topological polar surface area (TPSA) is 25.2 Å². The third-order valence-corrected chi connectivity index (χ3v) is 5.94. The molecule has 0 fully saturated rings. The van der Waals surface area contributed by atoms with Gasteiger partial charge in [-0.1, -0.05) is 84.9 Å². The lowest BCUT2D eigenvalue weighted by Crippen LogP contribution is -2.17. The van der Waals surface area contributed by atoms with Crippen LogP contribution in [0, 0.1) is 0 Å². The number of aromatic nitrogens is 1. The first-order valence-corrected chi connectivity index (χ1v) is 10.4. The van der Waals surface area contributed by atoms with Gasteiger partial charge in [0.15, 0.2) is 0 Å². The highest BCUT2D eigenvalue weighted by atomic mass is 14.8. The van der Waals surface area contributed by atoms with Crippen molar-refractivity contribution >= 4 is 27.4 Å². The number of aliphatic imine (C=N–C) groups is 1. The van der Waals surface area contributed by atoms with Crippen molar-refractivity contribution in [1.29, 1.82) is 0 Å². The zero-order valence-corrected chi connectivity index (χ0v) is 16.5. The van der Waals surface area contributed by atoms with Gasteiger partial charge in [-0.05, 0) is 34.9 Å². The van der Waals surface area contributed by atoms with Crippen molar-refractivity contribution < 1.29 is 0 Å². The molecule has 0 atom stereocenters. The second-order valence-electron chi connectivity index (χ2n) is 7.74. The first-order chi connectivity index (χ1) is 14.9. The summed E-state index contributed by atoms with van der Waals surface area (Å²) in [5, 5.41) is 3.71. The lowest BCUT2D eigenvalue weighted by atomic mass is 9.87. The van der Waals surface area contributed by atoms with E-state index in [-0.39, 0.29) is 0 Å². The number of fused-ring (bicyclic) bond motifs is 4. The Morgan fingerprint density at radius 2 is 1.40 bits per heavy atom. The molecule has 6 rings (SSSR count). The Labute approximate surface area is 175 Å². The van der Waals surface area contributed by atoms with Gasteiger partial charge >= 0.3 is 0 Å². The summed E-state index contributed by atoms with van der Waals surface area (Å²) < 4.78 is 0. The first kappa shape index (κ1) is 17.1. The summed E-state index contributed by atoms with van der Waals surface area (Å²) in [5.74, 6) is 0. The smallest absolute Gasteiger partial charge is 0.0806 e. The van der Waals surface area contributed by atoms with Crippen LogP contribution in [0.15, 0.2) is 102 Å². The molecule has 0 aliphatic carbocycles. The van der Waals surface area contributed by atoms with Gasteiger partial charge in [-0.25, -0.2) is 4.98 Å². The second kappa shape index (κ2) is 6.93. The molecule has 1 aliphatic heterocycles. The van der Waals surface area contributed by atoms with Crippen LogP contribution in [0.25, 0.3) is 32.9 Å². The van der Waals surface area contributed by atoms with E-state index in [2.05, 4.69) is 97.1 Å². The van der Waals surface area contributed by atoms with Gasteiger partial charge < -0.3 is 0 Å². The molecule has 30 heavy (non-hydrogen) atoms. The van der Waals surface area contributed by atoms with Crippen LogP contribution in [0.1, 0.15) is 16.7 Å². The molecule has 2 heterocycles. The summed E-state index contributed by atoms with van der Waals surface area (Å²) in [4.78, 5) is 10.1. The van der Waals surface area contributed by atoms with Crippen molar-refractivity contribution in [3.63, 3.8) is 0 Å². The Morgan fingerprint density at radius 3 is 2.30 bits per heavy atom. The van der Waals surface area contributed by atoms with Crippen LogP contribution in [-0.4, -0.2) is 17.2 Å². The average molecular weight is 384 g/mol. The fraction of sp³-hybridized carbons (Fsp3) is 0.0714. The van der Waals surface area contributed by atoms with Gasteiger partial charge in [-0.2, -0.15) is 0 Å². The molecule has 2 heteroatoms. The second-order valence-corrected chi connectivity index (χ2v) is 7.74. The molecule has 5 aromatic rings. The summed E-state index contributed by atoms with van der Waals surface area (Å²) in [6.07, 6.45) is 0.940. The van der Waals surface area contributed by atoms with E-state index < -0.39 is 0 Å². The molecule has 0 bridgehead atoms. The van der Waals surface area contributed by atoms with E-state index in [1.807, 2.05) is 0 Å². The summed E-state index contributed by atoms with van der Waals surface area (Å²) in [6, 6.07) is 34.1. The van der Waals surface area contributed by atoms with E-state index in [1.165, 1.54) is 27.3 Å². The Bertz CT molecular complexity index is 1430. The van der Waals surface area contributed by atoms with Crippen molar-refractivity contribution in [1.82, 2.24) is 4.98 Å². The highest BCUT2D eigenvalue weighted by Gasteiger charge is 2.24. The molecular formula is C28H20N2. The standard InChI is InChI=1S/C28H20N2/c1-2-9-20(10-3-1)27-26-24(16-17-29-27)23-12-6-7-13-25(23)30-28(26)22-15-14-19-8-4-5-11-21(19)18-22/h1-15,18H,16-17H2. The Balaban J connectivity index is 1.69. The highest BCUT2D eigenvalue weighted by molar-refractivity contribution is 6.19. The minimum atomic E-state index is 0.808. The van der Waals surface area contributed by atoms with Crippen LogP contribution in [0.2, 0.25) is 0 Å². The summed E-state index contributed by atoms with van der Waals surface area (Å²) in [7, 11) is 0. The van der Waals surface area contributed by atoms with Crippen molar-refractivity contribution in [2.24, 2.45) is 4.99 Å². The Kier molecular flexibility index (Phi) is 3.95. The van der Waals surface area contributed by atoms with Crippen LogP contribution in [0.4, 0.5) is 0 Å². The third kappa shape index (κ3) is 2.73. The molecule has 0 unspecified atom stereocenters. The maximum Gasteiger partial charge on any atom is 0.0806 e. The van der Waals surface area contributed by atoms with E-state index in [0.717, 1.165) is 41.0 Å². The predicted octanol–water partition coefficient (Wildman–Crippen LogP) is 6.45. The van der Waals surface area contributed by atoms with Crippen molar-refractivity contribution in [2.75, 3.05) is 6.54 Å². The first-order valence-electron chi connectivity index (χ1n) is 10.4. The van der Waals surface area contributed by atoms with Crippen molar-refractivity contribution in [3.05, 3.63) is 114 Å². The van der Waals surface area contributed by atoms with Crippen molar-refractivity contribution in [3.8, 4) is 11.3 Å². The van der Waals surface area contributed by atoms with Crippen LogP contribution >= 0.6 is 0 Å². The third-order valence-electron chi connectivity index (χ3n) is 5.94. The van der Waals surface area contributed by atoms with Crippen LogP contribution in [0.5, 0.6) is 0 Å². The molecule has 0 amide bonds. The summed E-state index contributed by atoms with van der Waals surface area (Å²) in [6.45, 7) is 0.808. The van der Waals surface area contributed by atoms with E-state index in [0.29, 0.717) is 0 Å². The van der Waals surface area contributed by atoms with Crippen LogP contribution in [-0.2, 0) is 6.42 Å². The van der Waals surface area contributed by atoms with E-state index in [4.69, 9.17) is 9.98 Å². The number of hydrogen-bond donors (Lipinski definition) is 0. The number of rotatable bonds is 2. The molecule has 0 spiro atoms. The van der Waals surface area contributed by atoms with Crippen LogP contribution in [0.3, 0.4) is 0 Å². The molecule has 1 aromatic heterocycles. The van der Waals surface area contributed by atoms with Gasteiger partial charge in [0.1, 0.15) is 0 Å². The molecule has 1 aliphatic rings. The van der Waals surface area contributed by atoms with Gasteiger partial charge in [0.05, 0.1) is 16.9 Å². The Hall–Kier alpha value is -3.78. The van der Waals surface area contributed by atoms with Crippen LogP contribution < -0.4 is 0 Å². The molecule has 0 radical (unpaired) electrons. The van der Waals surface area contributed by atoms with Gasteiger partial charge in [-0.15, -0.1) is 0 Å². The minimum absolute atomic E-state index is 0.808. The lowest BCUT2D eigenvalue weighted by molar-refractivity contribution is 0.950. The normalized spacial score (nSPS) is 13.3. The molecule has 0 N–H and O–H groups in total. The number of benzene rings is 4. The monoisotopic (exact) mass is 384 g/mol. The largest absolute Gasteiger partial charge is 0.284 e. The van der Waals surface area contributed by atoms with E-state index in [1.54, 1.807) is 0 Å². The fourth-order valence-corrected chi connectivity index (χ4v) is 4.53. The maximum absolute atomic E-state index is 5.16. The summed E-state index contributed by atoms with van der Waals surface area (Å²) in [5.41, 5.74) is 7.96. The lowest BCUT2D eigenvalue weighted by Gasteiger charge is -2.22. The fourth-order valence-electron chi connectivity index (χ4n) is 4.53. The number of pyridine rings is 1. The zero-order valence-electron chi connectivity index (χ0n) is 16.5. The quantitative estimate of drug-likeness (QED) is 0.343. The average Bonchev–Trinajstić information content (AvgIpc) is 2.83. The maximum atomic E-state index is 5.16. The molecule has 2 nitrogen and oxygen atoms in total. The summed E-state index contributed by atoms with van der Waals surface area (Å²) >= 11 is 0. The van der Waals surface area contributed by atoms with Crippen molar-refractivity contribution in [2.45, 2.75) is 6.42 Å². The highest BCUT2D eigenvalue weighted by Crippen LogP contribution is 2.35. The zero-order chi connectivity index (χ0) is 19.9. The predicted molar refractivity (Wildman–Crippen MR) is 125 cm³/mol. The van der Waals surface area contributed by atoms with Gasteiger partial charge in [0.2, 0.25) is 0 Å². The van der Waals surface area contributed by atoms with Gasteiger partial charge in [0.25, 0.3) is 0 Å². The number of para-hydroxylation sites is 1. The minimum Gasteiger partial charge on any atom is -0.284 e. The van der Waals surface area contributed by atoms with Gasteiger partial charge in [-0.3, -0.25) is 4.99 Å². The number of hydrogen-bond acceptors (Lipinski definition) is 2. The molecule has 4 aromatic carbocycles. The molecule has 142 valence electrons. The molecular weight excluding hydrogens is 364 g/mol. The van der Waals surface area contributed by atoms with Gasteiger partial charge in [0, 0.05) is 28.6 Å². The SMILES string of the molecule is c1ccc(C2=NCCc3c2c(-c2ccc4ccccc4c2)nc2ccccc32)cc1. The molecule has 0 saturated carbocycles. The van der Waals surface area contributed by atoms with E-state index in [9.17, 15) is 0 Å².